The molecule has 0 saturated heterocycles. The topological polar surface area (TPSA) is 51.0 Å². The minimum Gasteiger partial charge on any atom is -0.507 e. The van der Waals surface area contributed by atoms with Gasteiger partial charge in [0, 0.05) is 0 Å². The zero-order chi connectivity index (χ0) is 18.5. The predicted octanol–water partition coefficient (Wildman–Crippen LogP) is 2.99. The van der Waals surface area contributed by atoms with Gasteiger partial charge in [0.15, 0.2) is 11.5 Å². The number of carbonyl (C=O) groups is 1. The monoisotopic (exact) mass is 350 g/mol. The van der Waals surface area contributed by atoms with Gasteiger partial charge in [-0.1, -0.05) is 42.5 Å². The van der Waals surface area contributed by atoms with Gasteiger partial charge in [0.2, 0.25) is 5.78 Å². The zero-order valence-corrected chi connectivity index (χ0v) is 15.2. The largest absolute Gasteiger partial charge is 0.507 e. The summed E-state index contributed by atoms with van der Waals surface area (Å²) in [4.78, 5) is 13.9. The number of phenols is 1. The SMILES string of the molecule is CC[NH+](CC)Cc1c(O)ccc2c1OC(=CC=Cc1ccccc1)C2=O. The van der Waals surface area contributed by atoms with Crippen molar-refractivity contribution in [1.29, 1.82) is 0 Å². The van der Waals surface area contributed by atoms with E-state index in [1.54, 1.807) is 18.2 Å². The van der Waals surface area contributed by atoms with Crippen LogP contribution >= 0.6 is 0 Å². The molecule has 2 aromatic rings. The summed E-state index contributed by atoms with van der Waals surface area (Å²) >= 11 is 0. The van der Waals surface area contributed by atoms with Crippen LogP contribution in [-0.2, 0) is 6.54 Å². The first-order valence-corrected chi connectivity index (χ1v) is 8.98. The zero-order valence-electron chi connectivity index (χ0n) is 15.2. The van der Waals surface area contributed by atoms with Crippen molar-refractivity contribution in [2.45, 2.75) is 20.4 Å². The fourth-order valence-corrected chi connectivity index (χ4v) is 3.04. The highest BCUT2D eigenvalue weighted by Crippen LogP contribution is 2.38. The molecule has 2 aromatic carbocycles. The number of ether oxygens (including phenoxy) is 1. The van der Waals surface area contributed by atoms with Gasteiger partial charge in [-0.25, -0.2) is 0 Å². The minimum atomic E-state index is -0.145. The number of rotatable bonds is 6. The Kier molecular flexibility index (Phi) is 5.54. The summed E-state index contributed by atoms with van der Waals surface area (Å²) in [5, 5.41) is 10.3. The average molecular weight is 350 g/mol. The normalized spacial score (nSPS) is 15.0. The lowest BCUT2D eigenvalue weighted by atomic mass is 10.0. The Morgan fingerprint density at radius 2 is 1.81 bits per heavy atom. The molecule has 0 saturated carbocycles. The average Bonchev–Trinajstić information content (AvgIpc) is 2.98. The molecule has 3 rings (SSSR count). The van der Waals surface area contributed by atoms with Crippen molar-refractivity contribution in [3.8, 4) is 11.5 Å². The van der Waals surface area contributed by atoms with Crippen LogP contribution in [0.4, 0.5) is 0 Å². The van der Waals surface area contributed by atoms with Gasteiger partial charge < -0.3 is 14.7 Å². The highest BCUT2D eigenvalue weighted by Gasteiger charge is 2.31. The van der Waals surface area contributed by atoms with Crippen LogP contribution in [0.15, 0.2) is 60.4 Å². The van der Waals surface area contributed by atoms with E-state index < -0.39 is 0 Å². The van der Waals surface area contributed by atoms with E-state index in [2.05, 4.69) is 13.8 Å². The molecule has 134 valence electrons. The Morgan fingerprint density at radius 3 is 2.50 bits per heavy atom. The Bertz CT molecular complexity index is 849. The van der Waals surface area contributed by atoms with Crippen LogP contribution in [-0.4, -0.2) is 24.0 Å². The smallest absolute Gasteiger partial charge is 0.231 e. The lowest BCUT2D eigenvalue weighted by Crippen LogP contribution is -3.10. The van der Waals surface area contributed by atoms with Crippen LogP contribution in [0.5, 0.6) is 11.5 Å². The highest BCUT2D eigenvalue weighted by molar-refractivity contribution is 6.12. The number of allylic oxidation sites excluding steroid dienone is 3. The van der Waals surface area contributed by atoms with E-state index in [0.717, 1.165) is 18.7 Å². The van der Waals surface area contributed by atoms with Crippen molar-refractivity contribution in [3.05, 3.63) is 77.1 Å². The summed E-state index contributed by atoms with van der Waals surface area (Å²) in [6, 6.07) is 13.1. The van der Waals surface area contributed by atoms with E-state index in [1.807, 2.05) is 42.5 Å². The van der Waals surface area contributed by atoms with Gasteiger partial charge in [-0.3, -0.25) is 4.79 Å². The first-order chi connectivity index (χ1) is 12.6. The molecule has 0 unspecified atom stereocenters. The fraction of sp³-hybridized carbons (Fsp3) is 0.227. The number of hydrogen-bond donors (Lipinski definition) is 2. The second kappa shape index (κ2) is 8.02. The number of aromatic hydroxyl groups is 1. The number of hydrogen-bond acceptors (Lipinski definition) is 3. The molecule has 0 bridgehead atoms. The van der Waals surface area contributed by atoms with Crippen molar-refractivity contribution >= 4 is 11.9 Å². The number of carbonyl (C=O) groups excluding carboxylic acids is 1. The van der Waals surface area contributed by atoms with Crippen molar-refractivity contribution in [3.63, 3.8) is 0 Å². The molecule has 1 heterocycles. The van der Waals surface area contributed by atoms with Crippen LogP contribution in [0.2, 0.25) is 0 Å². The lowest BCUT2D eigenvalue weighted by molar-refractivity contribution is -0.910. The minimum absolute atomic E-state index is 0.145. The molecule has 1 aliphatic rings. The quantitative estimate of drug-likeness (QED) is 0.788. The molecule has 0 aliphatic carbocycles. The molecule has 2 N–H and O–H groups in total. The first kappa shape index (κ1) is 18.0. The first-order valence-electron chi connectivity index (χ1n) is 8.98. The van der Waals surface area contributed by atoms with Crippen LogP contribution < -0.4 is 9.64 Å². The van der Waals surface area contributed by atoms with Crippen molar-refractivity contribution < 1.29 is 19.5 Å². The number of phenolic OH excluding ortho intramolecular Hbond substituents is 1. The molecular formula is C22H24NO3+. The van der Waals surface area contributed by atoms with Crippen LogP contribution in [0.25, 0.3) is 6.08 Å². The summed E-state index contributed by atoms with van der Waals surface area (Å²) in [5.74, 6) is 0.813. The van der Waals surface area contributed by atoms with Gasteiger partial charge in [0.05, 0.1) is 24.2 Å². The number of fused-ring (bicyclic) bond motifs is 1. The van der Waals surface area contributed by atoms with Gasteiger partial charge >= 0.3 is 0 Å². The van der Waals surface area contributed by atoms with Gasteiger partial charge in [-0.05, 0) is 37.6 Å². The van der Waals surface area contributed by atoms with E-state index in [1.165, 1.54) is 4.90 Å². The molecule has 0 spiro atoms. The third kappa shape index (κ3) is 3.70. The van der Waals surface area contributed by atoms with Crippen LogP contribution in [0.3, 0.4) is 0 Å². The third-order valence-corrected chi connectivity index (χ3v) is 4.68. The maximum absolute atomic E-state index is 12.6. The lowest BCUT2D eigenvalue weighted by Gasteiger charge is -2.17. The van der Waals surface area contributed by atoms with Crippen LogP contribution in [0.1, 0.15) is 35.3 Å². The fourth-order valence-electron chi connectivity index (χ4n) is 3.04. The van der Waals surface area contributed by atoms with Crippen molar-refractivity contribution in [2.24, 2.45) is 0 Å². The van der Waals surface area contributed by atoms with Gasteiger partial charge in [-0.2, -0.15) is 0 Å². The molecule has 4 nitrogen and oxygen atoms in total. The standard InChI is InChI=1S/C22H23NO3/c1-3-23(4-2)15-18-19(24)14-13-17-21(25)20(26-22(17)18)12-8-11-16-9-6-5-7-10-16/h5-14,24H,3-4,15H2,1-2H3/p+1. The molecule has 26 heavy (non-hydrogen) atoms. The molecule has 1 aliphatic heterocycles. The maximum atomic E-state index is 12.6. The molecule has 0 fully saturated rings. The summed E-state index contributed by atoms with van der Waals surface area (Å²) < 4.78 is 5.85. The Balaban J connectivity index is 1.86. The molecule has 0 aromatic heterocycles. The summed E-state index contributed by atoms with van der Waals surface area (Å²) in [5.41, 5.74) is 2.27. The van der Waals surface area contributed by atoms with Crippen LogP contribution in [0, 0.1) is 0 Å². The Hall–Kier alpha value is -2.85. The highest BCUT2D eigenvalue weighted by atomic mass is 16.5. The van der Waals surface area contributed by atoms with Crippen molar-refractivity contribution in [2.75, 3.05) is 13.1 Å². The molecule has 0 amide bonds. The maximum Gasteiger partial charge on any atom is 0.231 e. The van der Waals surface area contributed by atoms with Crippen molar-refractivity contribution in [1.82, 2.24) is 0 Å². The predicted molar refractivity (Wildman–Crippen MR) is 102 cm³/mol. The Labute approximate surface area is 154 Å². The van der Waals surface area contributed by atoms with E-state index >= 15 is 0 Å². The van der Waals surface area contributed by atoms with Gasteiger partial charge in [-0.15, -0.1) is 0 Å². The number of benzene rings is 2. The van der Waals surface area contributed by atoms with Gasteiger partial charge in [0.1, 0.15) is 12.3 Å². The van der Waals surface area contributed by atoms with E-state index in [9.17, 15) is 9.90 Å². The second-order valence-electron chi connectivity index (χ2n) is 6.31. The molecular weight excluding hydrogens is 326 g/mol. The van der Waals surface area contributed by atoms with E-state index in [4.69, 9.17) is 4.74 Å². The van der Waals surface area contributed by atoms with E-state index in [0.29, 0.717) is 23.4 Å². The number of nitrogens with one attached hydrogen (secondary N) is 1. The molecule has 4 heteroatoms. The number of quaternary nitrogens is 1. The Morgan fingerprint density at radius 1 is 1.08 bits per heavy atom. The summed E-state index contributed by atoms with van der Waals surface area (Å²) in [7, 11) is 0. The van der Waals surface area contributed by atoms with Gasteiger partial charge in [0.25, 0.3) is 0 Å². The second-order valence-corrected chi connectivity index (χ2v) is 6.31. The summed E-state index contributed by atoms with van der Waals surface area (Å²) in [6.45, 7) is 6.71. The third-order valence-electron chi connectivity index (χ3n) is 4.68. The molecule has 0 radical (unpaired) electrons. The van der Waals surface area contributed by atoms with E-state index in [-0.39, 0.29) is 17.3 Å². The number of Topliss-reactive ketones (excluding diaryl/α,β-unsaturated/α-hetero) is 1. The summed E-state index contributed by atoms with van der Waals surface area (Å²) in [6.07, 6.45) is 5.41. The molecule has 0 atom stereocenters. The number of ketones is 1.